The molecule has 0 N–H and O–H groups in total. The highest BCUT2D eigenvalue weighted by molar-refractivity contribution is 7.98. The summed E-state index contributed by atoms with van der Waals surface area (Å²) in [6.07, 6.45) is 7.18. The molecule has 0 aliphatic carbocycles. The van der Waals surface area contributed by atoms with E-state index in [0.717, 1.165) is 0 Å². The molecule has 0 unspecified atom stereocenters. The molecule has 0 radical (unpaired) electrons. The molecule has 0 spiro atoms. The Hall–Kier alpha value is -1.54. The van der Waals surface area contributed by atoms with Crippen molar-refractivity contribution in [3.63, 3.8) is 0 Å². The Labute approximate surface area is 125 Å². The lowest BCUT2D eigenvalue weighted by atomic mass is 10.6. The minimum Gasteiger partial charge on any atom is -0.474 e. The summed E-state index contributed by atoms with van der Waals surface area (Å²) in [5, 5.41) is 1.37. The van der Waals surface area contributed by atoms with Crippen LogP contribution in [0.25, 0.3) is 0 Å². The smallest absolute Gasteiger partial charge is 0.217 e. The fourth-order valence-electron chi connectivity index (χ4n) is 1.30. The van der Waals surface area contributed by atoms with Crippen molar-refractivity contribution >= 4 is 23.5 Å². The highest BCUT2D eigenvalue weighted by Crippen LogP contribution is 2.13. The van der Waals surface area contributed by atoms with Crippen LogP contribution in [0.4, 0.5) is 0 Å². The van der Waals surface area contributed by atoms with Crippen molar-refractivity contribution in [2.24, 2.45) is 0 Å². The Morgan fingerprint density at radius 1 is 0.850 bits per heavy atom. The molecule has 2 rings (SSSR count). The van der Waals surface area contributed by atoms with Gasteiger partial charge in [-0.3, -0.25) is 0 Å². The lowest BCUT2D eigenvalue weighted by molar-refractivity contribution is 0.204. The van der Waals surface area contributed by atoms with Crippen molar-refractivity contribution in [3.8, 4) is 11.8 Å². The molecule has 106 valence electrons. The van der Waals surface area contributed by atoms with Crippen LogP contribution < -0.4 is 9.47 Å². The summed E-state index contributed by atoms with van der Waals surface area (Å²) in [6, 6.07) is 3.44. The predicted octanol–water partition coefficient (Wildman–Crippen LogP) is 2.17. The molecule has 8 heteroatoms. The molecule has 20 heavy (non-hydrogen) atoms. The van der Waals surface area contributed by atoms with Crippen LogP contribution in [0.3, 0.4) is 0 Å². The number of thioether (sulfide) groups is 2. The molecule has 0 saturated carbocycles. The van der Waals surface area contributed by atoms with Gasteiger partial charge in [-0.1, -0.05) is 23.5 Å². The van der Waals surface area contributed by atoms with Crippen LogP contribution in [0.1, 0.15) is 0 Å². The molecule has 0 fully saturated rings. The van der Waals surface area contributed by atoms with Gasteiger partial charge in [0, 0.05) is 24.5 Å². The molecule has 2 heterocycles. The Kier molecular flexibility index (Phi) is 5.87. The summed E-state index contributed by atoms with van der Waals surface area (Å²) in [4.78, 5) is 16.6. The van der Waals surface area contributed by atoms with Crippen molar-refractivity contribution in [1.29, 1.82) is 0 Å². The maximum Gasteiger partial charge on any atom is 0.217 e. The lowest BCUT2D eigenvalue weighted by Gasteiger charge is -2.07. The molecule has 0 aliphatic rings. The molecule has 0 aliphatic heterocycles. The second-order valence-corrected chi connectivity index (χ2v) is 5.01. The van der Waals surface area contributed by atoms with E-state index in [1.54, 1.807) is 24.5 Å². The quantitative estimate of drug-likeness (QED) is 0.438. The number of hydrogen-bond acceptors (Lipinski definition) is 8. The molecule has 0 bridgehead atoms. The fourth-order valence-corrected chi connectivity index (χ4v) is 2.00. The number of rotatable bonds is 7. The minimum absolute atomic E-state index is 0.392. The average molecular weight is 310 g/mol. The predicted molar refractivity (Wildman–Crippen MR) is 78.6 cm³/mol. The first-order chi connectivity index (χ1) is 9.81. The first kappa shape index (κ1) is 14.9. The van der Waals surface area contributed by atoms with Crippen LogP contribution in [0.5, 0.6) is 11.8 Å². The normalized spacial score (nSPS) is 10.3. The molecule has 6 nitrogen and oxygen atoms in total. The third-order valence-corrected chi connectivity index (χ3v) is 3.29. The van der Waals surface area contributed by atoms with Crippen molar-refractivity contribution in [2.45, 2.75) is 10.3 Å². The molecule has 2 aromatic rings. The van der Waals surface area contributed by atoms with E-state index in [2.05, 4.69) is 19.9 Å². The van der Waals surface area contributed by atoms with Crippen LogP contribution in [0, 0.1) is 0 Å². The van der Waals surface area contributed by atoms with Gasteiger partial charge in [-0.25, -0.2) is 9.97 Å². The van der Waals surface area contributed by atoms with Gasteiger partial charge in [0.1, 0.15) is 13.2 Å². The maximum absolute atomic E-state index is 5.49. The van der Waals surface area contributed by atoms with Crippen LogP contribution in [0.15, 0.2) is 34.8 Å². The summed E-state index contributed by atoms with van der Waals surface area (Å²) in [5.41, 5.74) is 0. The summed E-state index contributed by atoms with van der Waals surface area (Å²) in [6.45, 7) is 0.785. The fraction of sp³-hybridized carbons (Fsp3) is 0.333. The zero-order chi connectivity index (χ0) is 14.2. The van der Waals surface area contributed by atoms with Gasteiger partial charge < -0.3 is 9.47 Å². The Morgan fingerprint density at radius 2 is 1.30 bits per heavy atom. The van der Waals surface area contributed by atoms with Gasteiger partial charge in [-0.05, 0) is 12.5 Å². The second-order valence-electron chi connectivity index (χ2n) is 3.46. The summed E-state index contributed by atoms with van der Waals surface area (Å²) in [5.74, 6) is 1.08. The zero-order valence-corrected chi connectivity index (χ0v) is 12.8. The van der Waals surface area contributed by atoms with Crippen molar-refractivity contribution in [1.82, 2.24) is 19.9 Å². The topological polar surface area (TPSA) is 70.0 Å². The van der Waals surface area contributed by atoms with Crippen LogP contribution in [-0.4, -0.2) is 45.7 Å². The Morgan fingerprint density at radius 3 is 1.70 bits per heavy atom. The number of aromatic nitrogens is 4. The molecule has 0 saturated heterocycles. The highest BCUT2D eigenvalue weighted by Gasteiger charge is 2.01. The first-order valence-corrected chi connectivity index (χ1v) is 8.26. The van der Waals surface area contributed by atoms with Gasteiger partial charge in [-0.2, -0.15) is 9.97 Å². The molecule has 0 amide bonds. The third kappa shape index (κ3) is 4.53. The SMILES string of the molecule is CSc1nccc(OCCOc2ccnc(SC)n2)n1. The van der Waals surface area contributed by atoms with Gasteiger partial charge in [0.25, 0.3) is 0 Å². The monoisotopic (exact) mass is 310 g/mol. The van der Waals surface area contributed by atoms with Crippen molar-refractivity contribution < 1.29 is 9.47 Å². The maximum atomic E-state index is 5.49. The second kappa shape index (κ2) is 7.91. The molecule has 0 atom stereocenters. The summed E-state index contributed by atoms with van der Waals surface area (Å²) >= 11 is 2.94. The van der Waals surface area contributed by atoms with Crippen molar-refractivity contribution in [2.75, 3.05) is 25.7 Å². The average Bonchev–Trinajstić information content (AvgIpc) is 2.52. The minimum atomic E-state index is 0.392. The number of nitrogens with zero attached hydrogens (tertiary/aromatic N) is 4. The molecule has 2 aromatic heterocycles. The van der Waals surface area contributed by atoms with E-state index in [9.17, 15) is 0 Å². The van der Waals surface area contributed by atoms with E-state index >= 15 is 0 Å². The van der Waals surface area contributed by atoms with Gasteiger partial charge in [0.05, 0.1) is 0 Å². The van der Waals surface area contributed by atoms with E-state index in [1.165, 1.54) is 23.5 Å². The summed E-state index contributed by atoms with van der Waals surface area (Å²) in [7, 11) is 0. The van der Waals surface area contributed by atoms with E-state index in [0.29, 0.717) is 35.3 Å². The van der Waals surface area contributed by atoms with Crippen molar-refractivity contribution in [3.05, 3.63) is 24.5 Å². The van der Waals surface area contributed by atoms with E-state index < -0.39 is 0 Å². The number of ether oxygens (including phenoxy) is 2. The van der Waals surface area contributed by atoms with E-state index in [-0.39, 0.29) is 0 Å². The van der Waals surface area contributed by atoms with Gasteiger partial charge in [0.15, 0.2) is 10.3 Å². The van der Waals surface area contributed by atoms with Gasteiger partial charge in [-0.15, -0.1) is 0 Å². The standard InChI is InChI=1S/C12H14N4O2S2/c1-19-11-13-5-3-9(15-11)17-7-8-18-10-4-6-14-12(16-10)20-2/h3-6H,7-8H2,1-2H3. The van der Waals surface area contributed by atoms with Crippen LogP contribution >= 0.6 is 23.5 Å². The van der Waals surface area contributed by atoms with E-state index in [1.807, 2.05) is 12.5 Å². The molecular formula is C12H14N4O2S2. The largest absolute Gasteiger partial charge is 0.474 e. The van der Waals surface area contributed by atoms with Gasteiger partial charge >= 0.3 is 0 Å². The first-order valence-electron chi connectivity index (χ1n) is 5.81. The molecule has 0 aromatic carbocycles. The number of hydrogen-bond donors (Lipinski definition) is 0. The van der Waals surface area contributed by atoms with E-state index in [4.69, 9.17) is 9.47 Å². The van der Waals surface area contributed by atoms with Crippen LogP contribution in [-0.2, 0) is 0 Å². The van der Waals surface area contributed by atoms with Gasteiger partial charge in [0.2, 0.25) is 11.8 Å². The van der Waals surface area contributed by atoms with Crippen LogP contribution in [0.2, 0.25) is 0 Å². The highest BCUT2D eigenvalue weighted by atomic mass is 32.2. The third-order valence-electron chi connectivity index (χ3n) is 2.16. The summed E-state index contributed by atoms with van der Waals surface area (Å²) < 4.78 is 11.0. The Balaban J connectivity index is 1.78. The molecular weight excluding hydrogens is 296 g/mol. The lowest BCUT2D eigenvalue weighted by Crippen LogP contribution is -2.10. The zero-order valence-electron chi connectivity index (χ0n) is 11.1. The Bertz CT molecular complexity index is 507.